The van der Waals surface area contributed by atoms with E-state index in [2.05, 4.69) is 17.9 Å². The van der Waals surface area contributed by atoms with Gasteiger partial charge in [-0.1, -0.05) is 17.7 Å². The van der Waals surface area contributed by atoms with Crippen molar-refractivity contribution in [1.82, 2.24) is 0 Å². The van der Waals surface area contributed by atoms with Crippen LogP contribution in [0.2, 0.25) is 0 Å². The normalized spacial score (nSPS) is 11.2. The van der Waals surface area contributed by atoms with Crippen molar-refractivity contribution in [3.8, 4) is 6.07 Å². The summed E-state index contributed by atoms with van der Waals surface area (Å²) in [5, 5.41) is 20.1. The lowest BCUT2D eigenvalue weighted by molar-refractivity contribution is -0.133. The molecule has 0 fully saturated rings. The van der Waals surface area contributed by atoms with E-state index in [0.717, 1.165) is 17.3 Å². The number of nitriles is 1. The molecule has 104 valence electrons. The Kier molecular flexibility index (Phi) is 6.15. The Bertz CT molecular complexity index is 589. The number of benzene rings is 1. The fourth-order valence-corrected chi connectivity index (χ4v) is 2.12. The molecule has 0 aliphatic heterocycles. The number of thioether (sulfide) groups is 1. The van der Waals surface area contributed by atoms with Gasteiger partial charge >= 0.3 is 5.97 Å². The number of aryl methyl sites for hydroxylation is 1. The van der Waals surface area contributed by atoms with Gasteiger partial charge in [-0.3, -0.25) is 9.59 Å². The summed E-state index contributed by atoms with van der Waals surface area (Å²) in [6.07, 6.45) is 0. The molecule has 1 rings (SSSR count). The van der Waals surface area contributed by atoms with Crippen LogP contribution in [0.3, 0.4) is 0 Å². The monoisotopic (exact) mass is 308 g/mol. The molecule has 0 radical (unpaired) electrons. The Balaban J connectivity index is 2.81. The zero-order valence-corrected chi connectivity index (χ0v) is 12.3. The third kappa shape index (κ3) is 4.99. The SMILES string of the molecule is Cc1ccc(NC(=O)/C(C#N)=C(\S)SCC(=O)O)cc1. The highest BCUT2D eigenvalue weighted by atomic mass is 32.2. The number of carboxylic acids is 1. The molecule has 0 aliphatic carbocycles. The van der Waals surface area contributed by atoms with Crippen molar-refractivity contribution < 1.29 is 14.7 Å². The van der Waals surface area contributed by atoms with Gasteiger partial charge in [0, 0.05) is 5.69 Å². The van der Waals surface area contributed by atoms with Crippen molar-refractivity contribution in [2.75, 3.05) is 11.1 Å². The number of nitrogens with zero attached hydrogens (tertiary/aromatic N) is 1. The lowest BCUT2D eigenvalue weighted by Gasteiger charge is -2.06. The predicted octanol–water partition coefficient (Wildman–Crippen LogP) is 2.42. The Morgan fingerprint density at radius 2 is 2.00 bits per heavy atom. The van der Waals surface area contributed by atoms with Gasteiger partial charge in [-0.25, -0.2) is 0 Å². The molecule has 0 unspecified atom stereocenters. The topological polar surface area (TPSA) is 90.2 Å². The van der Waals surface area contributed by atoms with Crippen LogP contribution in [0.1, 0.15) is 5.56 Å². The van der Waals surface area contributed by atoms with Crippen LogP contribution in [0.15, 0.2) is 34.1 Å². The first-order chi connectivity index (χ1) is 9.43. The summed E-state index contributed by atoms with van der Waals surface area (Å²) >= 11 is 4.82. The van der Waals surface area contributed by atoms with E-state index >= 15 is 0 Å². The fourth-order valence-electron chi connectivity index (χ4n) is 1.23. The van der Waals surface area contributed by atoms with E-state index < -0.39 is 11.9 Å². The van der Waals surface area contributed by atoms with E-state index in [9.17, 15) is 9.59 Å². The molecule has 7 heteroatoms. The zero-order valence-electron chi connectivity index (χ0n) is 10.6. The van der Waals surface area contributed by atoms with Crippen LogP contribution in [-0.2, 0) is 9.59 Å². The van der Waals surface area contributed by atoms with Gasteiger partial charge < -0.3 is 10.4 Å². The summed E-state index contributed by atoms with van der Waals surface area (Å²) in [6.45, 7) is 1.92. The molecule has 0 saturated heterocycles. The van der Waals surface area contributed by atoms with E-state index in [1.807, 2.05) is 19.1 Å². The second kappa shape index (κ2) is 7.62. The van der Waals surface area contributed by atoms with Crippen molar-refractivity contribution in [3.05, 3.63) is 39.6 Å². The molecule has 0 bridgehead atoms. The van der Waals surface area contributed by atoms with Crippen LogP contribution >= 0.6 is 24.4 Å². The second-order valence-electron chi connectivity index (χ2n) is 3.79. The van der Waals surface area contributed by atoms with Gasteiger partial charge in [-0.2, -0.15) is 5.26 Å². The lowest BCUT2D eigenvalue weighted by Crippen LogP contribution is -2.14. The Labute approximate surface area is 126 Å². The predicted molar refractivity (Wildman–Crippen MR) is 81.5 cm³/mol. The second-order valence-corrected chi connectivity index (χ2v) is 5.53. The van der Waals surface area contributed by atoms with Crippen molar-refractivity contribution in [1.29, 1.82) is 5.26 Å². The van der Waals surface area contributed by atoms with Gasteiger partial charge in [-0.05, 0) is 19.1 Å². The van der Waals surface area contributed by atoms with E-state index in [1.165, 1.54) is 0 Å². The van der Waals surface area contributed by atoms with E-state index in [0.29, 0.717) is 5.69 Å². The van der Waals surface area contributed by atoms with Crippen LogP contribution in [-0.4, -0.2) is 22.7 Å². The zero-order chi connectivity index (χ0) is 15.1. The Morgan fingerprint density at radius 3 is 2.50 bits per heavy atom. The number of thiol groups is 1. The minimum atomic E-state index is -1.04. The molecule has 1 aromatic carbocycles. The maximum Gasteiger partial charge on any atom is 0.313 e. The molecule has 2 N–H and O–H groups in total. The first-order valence-electron chi connectivity index (χ1n) is 5.50. The minimum absolute atomic E-state index is 0.0829. The fraction of sp³-hybridized carbons (Fsp3) is 0.154. The summed E-state index contributed by atoms with van der Waals surface area (Å²) in [6, 6.07) is 8.81. The van der Waals surface area contributed by atoms with Gasteiger partial charge in [0.1, 0.15) is 11.6 Å². The van der Waals surface area contributed by atoms with Crippen LogP contribution < -0.4 is 5.32 Å². The molecule has 0 atom stereocenters. The Hall–Kier alpha value is -1.91. The highest BCUT2D eigenvalue weighted by Crippen LogP contribution is 2.24. The number of nitrogens with one attached hydrogen (secondary N) is 1. The molecular weight excluding hydrogens is 296 g/mol. The standard InChI is InChI=1S/C13H12N2O3S2/c1-8-2-4-9(5-3-8)15-12(18)10(6-14)13(19)20-7-11(16)17/h2-5,19H,7H2,1H3,(H,15,18)(H,16,17)/b13-10+. The van der Waals surface area contributed by atoms with Gasteiger partial charge in [0.05, 0.1) is 9.99 Å². The number of hydrogen-bond acceptors (Lipinski definition) is 5. The van der Waals surface area contributed by atoms with Gasteiger partial charge in [0.25, 0.3) is 5.91 Å². The third-order valence-electron chi connectivity index (χ3n) is 2.19. The van der Waals surface area contributed by atoms with Crippen LogP contribution in [0.25, 0.3) is 0 Å². The first-order valence-corrected chi connectivity index (χ1v) is 6.93. The number of anilines is 1. The highest BCUT2D eigenvalue weighted by molar-refractivity contribution is 8.16. The number of amides is 1. The first kappa shape index (κ1) is 16.1. The number of carboxylic acid groups (broad SMARTS) is 1. The summed E-state index contributed by atoms with van der Waals surface area (Å²) in [5.74, 6) is -1.92. The Morgan fingerprint density at radius 1 is 1.40 bits per heavy atom. The molecule has 20 heavy (non-hydrogen) atoms. The van der Waals surface area contributed by atoms with Crippen molar-refractivity contribution in [2.45, 2.75) is 6.92 Å². The molecule has 1 aromatic rings. The number of rotatable bonds is 5. The summed E-state index contributed by atoms with van der Waals surface area (Å²) < 4.78 is 0.0829. The van der Waals surface area contributed by atoms with Gasteiger partial charge in [0.2, 0.25) is 0 Å². The summed E-state index contributed by atoms with van der Waals surface area (Å²) in [5.41, 5.74) is 1.39. The van der Waals surface area contributed by atoms with Gasteiger partial charge in [0.15, 0.2) is 0 Å². The molecule has 0 aromatic heterocycles. The molecule has 0 saturated carbocycles. The number of hydrogen-bond donors (Lipinski definition) is 3. The van der Waals surface area contributed by atoms with Crippen LogP contribution in [0.5, 0.6) is 0 Å². The number of carbonyl (C=O) groups excluding carboxylic acids is 1. The molecule has 0 aliphatic rings. The maximum absolute atomic E-state index is 11.9. The van der Waals surface area contributed by atoms with Crippen LogP contribution in [0.4, 0.5) is 5.69 Å². The average molecular weight is 308 g/mol. The highest BCUT2D eigenvalue weighted by Gasteiger charge is 2.15. The molecule has 5 nitrogen and oxygen atoms in total. The van der Waals surface area contributed by atoms with E-state index in [4.69, 9.17) is 10.4 Å². The third-order valence-corrected chi connectivity index (χ3v) is 3.67. The van der Waals surface area contributed by atoms with Gasteiger partial charge in [-0.15, -0.1) is 24.4 Å². The van der Waals surface area contributed by atoms with Crippen molar-refractivity contribution in [3.63, 3.8) is 0 Å². The number of aliphatic carboxylic acids is 1. The summed E-state index contributed by atoms with van der Waals surface area (Å²) in [7, 11) is 0. The smallest absolute Gasteiger partial charge is 0.313 e. The molecule has 0 spiro atoms. The molecular formula is C13H12N2O3S2. The van der Waals surface area contributed by atoms with Crippen molar-refractivity contribution in [2.24, 2.45) is 0 Å². The lowest BCUT2D eigenvalue weighted by atomic mass is 10.2. The maximum atomic E-state index is 11.9. The minimum Gasteiger partial charge on any atom is -0.481 e. The quantitative estimate of drug-likeness (QED) is 0.441. The van der Waals surface area contributed by atoms with Crippen LogP contribution in [0, 0.1) is 18.3 Å². The van der Waals surface area contributed by atoms with E-state index in [1.54, 1.807) is 18.2 Å². The summed E-state index contributed by atoms with van der Waals surface area (Å²) in [4.78, 5) is 22.4. The number of carbonyl (C=O) groups is 2. The molecule has 1 amide bonds. The average Bonchev–Trinajstić information content (AvgIpc) is 2.40. The van der Waals surface area contributed by atoms with Crippen molar-refractivity contribution >= 4 is 42.0 Å². The molecule has 0 heterocycles. The largest absolute Gasteiger partial charge is 0.481 e. The van der Waals surface area contributed by atoms with E-state index in [-0.39, 0.29) is 15.6 Å².